The quantitative estimate of drug-likeness (QED) is 0.468. The van der Waals surface area contributed by atoms with Gasteiger partial charge in [-0.05, 0) is 67.1 Å². The van der Waals surface area contributed by atoms with Crippen LogP contribution in [0.1, 0.15) is 27.0 Å². The van der Waals surface area contributed by atoms with Gasteiger partial charge in [0.15, 0.2) is 12.4 Å². The Morgan fingerprint density at radius 2 is 1.83 bits per heavy atom. The Morgan fingerprint density at radius 3 is 2.53 bits per heavy atom. The van der Waals surface area contributed by atoms with E-state index in [-0.39, 0.29) is 18.3 Å². The van der Waals surface area contributed by atoms with E-state index < -0.39 is 0 Å². The second-order valence-electron chi connectivity index (χ2n) is 6.46. The number of nitrogens with zero attached hydrogens (tertiary/aromatic N) is 1. The Kier molecular flexibility index (Phi) is 6.88. The summed E-state index contributed by atoms with van der Waals surface area (Å²) in [6.45, 7) is 1.63. The highest BCUT2D eigenvalue weighted by atomic mass is 79.9. The molecule has 7 heteroatoms. The maximum atomic E-state index is 12.7. The van der Waals surface area contributed by atoms with E-state index in [1.807, 2.05) is 13.0 Å². The average Bonchev–Trinajstić information content (AvgIpc) is 2.75. The van der Waals surface area contributed by atoms with Crippen molar-refractivity contribution < 1.29 is 14.3 Å². The van der Waals surface area contributed by atoms with Crippen molar-refractivity contribution in [3.8, 4) is 11.8 Å². The lowest BCUT2D eigenvalue weighted by Gasteiger charge is -2.10. The number of nitrogens with one attached hydrogen (secondary N) is 1. The summed E-state index contributed by atoms with van der Waals surface area (Å²) in [5.41, 5.74) is 2.81. The molecule has 0 unspecified atom stereocenters. The van der Waals surface area contributed by atoms with E-state index in [0.29, 0.717) is 37.6 Å². The fourth-order valence-electron chi connectivity index (χ4n) is 2.69. The molecule has 0 aliphatic heterocycles. The van der Waals surface area contributed by atoms with Crippen LogP contribution in [0.4, 0.5) is 5.69 Å². The molecule has 150 valence electrons. The Morgan fingerprint density at radius 1 is 1.10 bits per heavy atom. The zero-order chi connectivity index (χ0) is 21.7. The second-order valence-corrected chi connectivity index (χ2v) is 7.75. The third-order valence-electron chi connectivity index (χ3n) is 4.30. The molecule has 30 heavy (non-hydrogen) atoms. The van der Waals surface area contributed by atoms with Crippen LogP contribution in [0.3, 0.4) is 0 Å². The first-order valence-corrected chi connectivity index (χ1v) is 10.1. The van der Waals surface area contributed by atoms with E-state index in [0.717, 1.165) is 5.56 Å². The molecule has 3 rings (SSSR count). The van der Waals surface area contributed by atoms with E-state index in [1.54, 1.807) is 60.7 Å². The number of carbonyl (C=O) groups excluding carboxylic acids is 2. The van der Waals surface area contributed by atoms with Crippen LogP contribution in [0.2, 0.25) is 5.02 Å². The predicted octanol–water partition coefficient (Wildman–Crippen LogP) is 5.53. The van der Waals surface area contributed by atoms with Crippen molar-refractivity contribution in [1.82, 2.24) is 0 Å². The zero-order valence-electron chi connectivity index (χ0n) is 15.9. The molecule has 0 radical (unpaired) electrons. The van der Waals surface area contributed by atoms with Gasteiger partial charge in [-0.15, -0.1) is 0 Å². The van der Waals surface area contributed by atoms with Crippen LogP contribution in [0.25, 0.3) is 0 Å². The first kappa shape index (κ1) is 21.6. The second kappa shape index (κ2) is 9.57. The number of hydrogen-bond acceptors (Lipinski definition) is 4. The summed E-state index contributed by atoms with van der Waals surface area (Å²) in [7, 11) is 0. The molecule has 3 aromatic rings. The van der Waals surface area contributed by atoms with E-state index in [1.165, 1.54) is 0 Å². The zero-order valence-corrected chi connectivity index (χ0v) is 18.3. The highest BCUT2D eigenvalue weighted by Crippen LogP contribution is 2.25. The first-order valence-electron chi connectivity index (χ1n) is 8.90. The Bertz CT molecular complexity index is 1150. The molecule has 0 aliphatic carbocycles. The minimum absolute atomic E-state index is 0.179. The number of nitriles is 1. The van der Waals surface area contributed by atoms with Gasteiger partial charge >= 0.3 is 0 Å². The molecule has 0 aromatic heterocycles. The lowest BCUT2D eigenvalue weighted by Crippen LogP contribution is -2.20. The van der Waals surface area contributed by atoms with Gasteiger partial charge in [0.1, 0.15) is 5.75 Å². The Labute approximate surface area is 187 Å². The summed E-state index contributed by atoms with van der Waals surface area (Å²) in [5.74, 6) is -0.0768. The summed E-state index contributed by atoms with van der Waals surface area (Å²) < 4.78 is 6.16. The van der Waals surface area contributed by atoms with E-state index in [2.05, 4.69) is 21.2 Å². The number of benzene rings is 3. The van der Waals surface area contributed by atoms with Crippen LogP contribution in [0.5, 0.6) is 5.75 Å². The van der Waals surface area contributed by atoms with Crippen molar-refractivity contribution in [2.75, 3.05) is 11.9 Å². The van der Waals surface area contributed by atoms with E-state index >= 15 is 0 Å². The van der Waals surface area contributed by atoms with Gasteiger partial charge in [-0.3, -0.25) is 9.59 Å². The SMILES string of the molecule is Cc1ccc(C#N)cc1NC(=O)COc1ccc(C(=O)c2cc(Cl)ccc2Br)cc1. The van der Waals surface area contributed by atoms with Crippen molar-refractivity contribution in [2.24, 2.45) is 0 Å². The van der Waals surface area contributed by atoms with Crippen LogP contribution in [-0.2, 0) is 4.79 Å². The molecule has 0 fully saturated rings. The number of halogens is 2. The molecule has 0 saturated heterocycles. The minimum atomic E-state index is -0.351. The summed E-state index contributed by atoms with van der Waals surface area (Å²) in [6.07, 6.45) is 0. The van der Waals surface area contributed by atoms with Gasteiger partial charge in [0.2, 0.25) is 0 Å². The van der Waals surface area contributed by atoms with Crippen molar-refractivity contribution in [3.05, 3.63) is 92.4 Å². The third-order valence-corrected chi connectivity index (χ3v) is 5.23. The van der Waals surface area contributed by atoms with Gasteiger partial charge < -0.3 is 10.1 Å². The Hall–Kier alpha value is -3.14. The largest absolute Gasteiger partial charge is 0.484 e. The molecule has 1 N–H and O–H groups in total. The fourth-order valence-corrected chi connectivity index (χ4v) is 3.29. The van der Waals surface area contributed by atoms with E-state index in [4.69, 9.17) is 21.6 Å². The summed E-state index contributed by atoms with van der Waals surface area (Å²) in [6, 6.07) is 18.6. The molecule has 0 atom stereocenters. The molecular weight excluding hydrogens is 468 g/mol. The number of aryl methyl sites for hydroxylation is 1. The van der Waals surface area contributed by atoms with Crippen LogP contribution in [0.15, 0.2) is 65.1 Å². The number of carbonyl (C=O) groups is 2. The smallest absolute Gasteiger partial charge is 0.262 e. The highest BCUT2D eigenvalue weighted by Gasteiger charge is 2.14. The number of ether oxygens (including phenoxy) is 1. The normalized spacial score (nSPS) is 10.2. The first-order chi connectivity index (χ1) is 14.4. The van der Waals surface area contributed by atoms with Gasteiger partial charge in [0.05, 0.1) is 11.6 Å². The van der Waals surface area contributed by atoms with Crippen LogP contribution >= 0.6 is 27.5 Å². The number of rotatable bonds is 6. The summed E-state index contributed by atoms with van der Waals surface area (Å²) in [4.78, 5) is 24.8. The van der Waals surface area contributed by atoms with Gasteiger partial charge in [0, 0.05) is 26.3 Å². The minimum Gasteiger partial charge on any atom is -0.484 e. The Balaban J connectivity index is 1.62. The third kappa shape index (κ3) is 5.26. The molecule has 5 nitrogen and oxygen atoms in total. The molecule has 3 aromatic carbocycles. The summed E-state index contributed by atoms with van der Waals surface area (Å²) >= 11 is 9.34. The molecule has 0 aliphatic rings. The van der Waals surface area contributed by atoms with Gasteiger partial charge in [0.25, 0.3) is 5.91 Å². The maximum absolute atomic E-state index is 12.7. The van der Waals surface area contributed by atoms with Crippen LogP contribution in [-0.4, -0.2) is 18.3 Å². The van der Waals surface area contributed by atoms with Crippen molar-refractivity contribution in [1.29, 1.82) is 5.26 Å². The maximum Gasteiger partial charge on any atom is 0.262 e. The lowest BCUT2D eigenvalue weighted by atomic mass is 10.0. The van der Waals surface area contributed by atoms with Gasteiger partial charge in [-0.1, -0.05) is 33.6 Å². The van der Waals surface area contributed by atoms with Crippen molar-refractivity contribution in [3.63, 3.8) is 0 Å². The topological polar surface area (TPSA) is 79.2 Å². The average molecular weight is 484 g/mol. The predicted molar refractivity (Wildman–Crippen MR) is 119 cm³/mol. The molecular formula is C23H16BrClN2O3. The fraction of sp³-hybridized carbons (Fsp3) is 0.0870. The van der Waals surface area contributed by atoms with Gasteiger partial charge in [-0.2, -0.15) is 5.26 Å². The highest BCUT2D eigenvalue weighted by molar-refractivity contribution is 9.10. The monoisotopic (exact) mass is 482 g/mol. The molecule has 0 saturated carbocycles. The van der Waals surface area contributed by atoms with Crippen LogP contribution in [0, 0.1) is 18.3 Å². The standard InChI is InChI=1S/C23H16BrClN2O3/c1-14-2-3-15(12-26)10-21(14)27-22(28)13-30-18-7-4-16(5-8-18)23(29)19-11-17(25)6-9-20(19)24/h2-11H,13H2,1H3,(H,27,28). The van der Waals surface area contributed by atoms with Gasteiger partial charge in [-0.25, -0.2) is 0 Å². The number of anilines is 1. The summed E-state index contributed by atoms with van der Waals surface area (Å²) in [5, 5.41) is 12.2. The van der Waals surface area contributed by atoms with E-state index in [9.17, 15) is 9.59 Å². The van der Waals surface area contributed by atoms with Crippen LogP contribution < -0.4 is 10.1 Å². The van der Waals surface area contributed by atoms with Crippen molar-refractivity contribution in [2.45, 2.75) is 6.92 Å². The number of amides is 1. The molecule has 0 heterocycles. The molecule has 1 amide bonds. The number of hydrogen-bond donors (Lipinski definition) is 1. The molecule has 0 spiro atoms. The number of ketones is 1. The molecule has 0 bridgehead atoms. The van der Waals surface area contributed by atoms with Crippen molar-refractivity contribution >= 4 is 44.9 Å². The lowest BCUT2D eigenvalue weighted by molar-refractivity contribution is -0.118.